The van der Waals surface area contributed by atoms with Crippen LogP contribution in [0.3, 0.4) is 0 Å². The highest BCUT2D eigenvalue weighted by atomic mass is 19.1. The zero-order chi connectivity index (χ0) is 14.7. The lowest BCUT2D eigenvalue weighted by Crippen LogP contribution is -2.35. The van der Waals surface area contributed by atoms with Gasteiger partial charge in [-0.05, 0) is 61.7 Å². The summed E-state index contributed by atoms with van der Waals surface area (Å²) in [6.07, 6.45) is 3.08. The summed E-state index contributed by atoms with van der Waals surface area (Å²) in [6.45, 7) is 2.72. The van der Waals surface area contributed by atoms with E-state index >= 15 is 0 Å². The molecular weight excluding hydrogens is 269 g/mol. The number of hydrogen-bond donors (Lipinski definition) is 1. The molecule has 112 valence electrons. The van der Waals surface area contributed by atoms with Gasteiger partial charge < -0.3 is 9.52 Å². The third-order valence-electron chi connectivity index (χ3n) is 4.25. The largest absolute Gasteiger partial charge is 0.468 e. The first-order chi connectivity index (χ1) is 10.2. The summed E-state index contributed by atoms with van der Waals surface area (Å²) in [5.74, 6) is 0.954. The molecule has 4 heteroatoms. The van der Waals surface area contributed by atoms with E-state index < -0.39 is 6.10 Å². The number of benzene rings is 1. The zero-order valence-electron chi connectivity index (χ0n) is 11.9. The van der Waals surface area contributed by atoms with Crippen molar-refractivity contribution in [3.63, 3.8) is 0 Å². The molecule has 1 aromatic heterocycles. The fraction of sp³-hybridized carbons (Fsp3) is 0.412. The molecule has 1 atom stereocenters. The van der Waals surface area contributed by atoms with Crippen LogP contribution in [0.5, 0.6) is 0 Å². The molecule has 1 unspecified atom stereocenters. The quantitative estimate of drug-likeness (QED) is 0.937. The topological polar surface area (TPSA) is 36.6 Å². The number of furan rings is 1. The zero-order valence-corrected chi connectivity index (χ0v) is 11.9. The smallest absolute Gasteiger partial charge is 0.123 e. The molecule has 0 saturated carbocycles. The van der Waals surface area contributed by atoms with E-state index in [0.717, 1.165) is 43.8 Å². The fourth-order valence-corrected chi connectivity index (χ4v) is 2.98. The van der Waals surface area contributed by atoms with Gasteiger partial charge in [0.1, 0.15) is 11.6 Å². The van der Waals surface area contributed by atoms with Crippen LogP contribution in [-0.2, 0) is 6.54 Å². The van der Waals surface area contributed by atoms with Crippen LogP contribution in [0, 0.1) is 11.7 Å². The lowest BCUT2D eigenvalue weighted by atomic mass is 9.87. The van der Waals surface area contributed by atoms with Gasteiger partial charge in [-0.25, -0.2) is 4.39 Å². The minimum atomic E-state index is -0.503. The first-order valence-corrected chi connectivity index (χ1v) is 7.40. The van der Waals surface area contributed by atoms with Crippen LogP contribution in [0.25, 0.3) is 0 Å². The van der Waals surface area contributed by atoms with Gasteiger partial charge in [-0.15, -0.1) is 0 Å². The molecule has 0 aliphatic carbocycles. The van der Waals surface area contributed by atoms with Crippen LogP contribution in [-0.4, -0.2) is 23.1 Å². The summed E-state index contributed by atoms with van der Waals surface area (Å²) in [4.78, 5) is 2.34. The second kappa shape index (κ2) is 6.41. The van der Waals surface area contributed by atoms with Crippen LogP contribution in [0.2, 0.25) is 0 Å². The first kappa shape index (κ1) is 14.3. The van der Waals surface area contributed by atoms with Crippen molar-refractivity contribution in [1.82, 2.24) is 4.90 Å². The molecular formula is C17H20FNO2. The standard InChI is InChI=1S/C17H20FNO2/c18-15-5-3-13(4-6-15)17(20)14-7-9-19(10-8-14)12-16-2-1-11-21-16/h1-6,11,14,17,20H,7-10,12H2. The Kier molecular flexibility index (Phi) is 4.36. The Morgan fingerprint density at radius 1 is 1.19 bits per heavy atom. The third kappa shape index (κ3) is 3.52. The Morgan fingerprint density at radius 3 is 2.52 bits per heavy atom. The van der Waals surface area contributed by atoms with Gasteiger partial charge in [-0.3, -0.25) is 4.90 Å². The minimum Gasteiger partial charge on any atom is -0.468 e. The van der Waals surface area contributed by atoms with E-state index in [1.165, 1.54) is 12.1 Å². The maximum absolute atomic E-state index is 12.9. The van der Waals surface area contributed by atoms with E-state index in [-0.39, 0.29) is 11.7 Å². The molecule has 2 aromatic rings. The molecule has 2 heterocycles. The fourth-order valence-electron chi connectivity index (χ4n) is 2.98. The molecule has 3 rings (SSSR count). The van der Waals surface area contributed by atoms with Crippen molar-refractivity contribution in [3.8, 4) is 0 Å². The van der Waals surface area contributed by atoms with Crippen molar-refractivity contribution in [2.45, 2.75) is 25.5 Å². The number of aliphatic hydroxyl groups is 1. The van der Waals surface area contributed by atoms with E-state index in [1.807, 2.05) is 12.1 Å². The molecule has 0 bridgehead atoms. The molecule has 0 spiro atoms. The number of likely N-dealkylation sites (tertiary alicyclic amines) is 1. The molecule has 0 amide bonds. The van der Waals surface area contributed by atoms with E-state index in [4.69, 9.17) is 4.42 Å². The molecule has 1 aliphatic heterocycles. The van der Waals surface area contributed by atoms with Gasteiger partial charge in [-0.2, -0.15) is 0 Å². The average Bonchev–Trinajstić information content (AvgIpc) is 3.01. The molecule has 1 aliphatic rings. The Labute approximate surface area is 124 Å². The summed E-state index contributed by atoms with van der Waals surface area (Å²) < 4.78 is 18.3. The Hall–Kier alpha value is -1.65. The lowest BCUT2D eigenvalue weighted by molar-refractivity contribution is 0.0549. The second-order valence-corrected chi connectivity index (χ2v) is 5.69. The Balaban J connectivity index is 1.54. The lowest BCUT2D eigenvalue weighted by Gasteiger charge is -2.33. The number of piperidine rings is 1. The van der Waals surface area contributed by atoms with Gasteiger partial charge >= 0.3 is 0 Å². The van der Waals surface area contributed by atoms with Crippen LogP contribution in [0.15, 0.2) is 47.1 Å². The summed E-state index contributed by atoms with van der Waals surface area (Å²) >= 11 is 0. The molecule has 3 nitrogen and oxygen atoms in total. The molecule has 1 aromatic carbocycles. The van der Waals surface area contributed by atoms with Gasteiger partial charge in [-0.1, -0.05) is 12.1 Å². The SMILES string of the molecule is OC(c1ccc(F)cc1)C1CCN(Cc2ccco2)CC1. The normalized spacial score (nSPS) is 18.8. The molecule has 0 radical (unpaired) electrons. The average molecular weight is 289 g/mol. The van der Waals surface area contributed by atoms with Crippen LogP contribution < -0.4 is 0 Å². The number of halogens is 1. The van der Waals surface area contributed by atoms with Crippen LogP contribution in [0.4, 0.5) is 4.39 Å². The summed E-state index contributed by atoms with van der Waals surface area (Å²) in [5.41, 5.74) is 0.806. The van der Waals surface area contributed by atoms with Gasteiger partial charge in [0.15, 0.2) is 0 Å². The predicted molar refractivity (Wildman–Crippen MR) is 78.1 cm³/mol. The number of aliphatic hydroxyl groups excluding tert-OH is 1. The van der Waals surface area contributed by atoms with E-state index in [1.54, 1.807) is 18.4 Å². The van der Waals surface area contributed by atoms with Gasteiger partial charge in [0.2, 0.25) is 0 Å². The number of rotatable bonds is 4. The Bertz CT molecular complexity index is 545. The Morgan fingerprint density at radius 2 is 1.90 bits per heavy atom. The highest BCUT2D eigenvalue weighted by molar-refractivity contribution is 5.19. The molecule has 1 saturated heterocycles. The molecule has 1 N–H and O–H groups in total. The maximum Gasteiger partial charge on any atom is 0.123 e. The highest BCUT2D eigenvalue weighted by Crippen LogP contribution is 2.31. The molecule has 21 heavy (non-hydrogen) atoms. The van der Waals surface area contributed by atoms with Crippen molar-refractivity contribution < 1.29 is 13.9 Å². The monoisotopic (exact) mass is 289 g/mol. The minimum absolute atomic E-state index is 0.239. The second-order valence-electron chi connectivity index (χ2n) is 5.69. The first-order valence-electron chi connectivity index (χ1n) is 7.40. The summed E-state index contributed by atoms with van der Waals surface area (Å²) in [5, 5.41) is 10.4. The van der Waals surface area contributed by atoms with E-state index in [9.17, 15) is 9.50 Å². The molecule has 1 fully saturated rings. The van der Waals surface area contributed by atoms with Crippen molar-refractivity contribution >= 4 is 0 Å². The summed E-state index contributed by atoms with van der Waals surface area (Å²) in [6, 6.07) is 10.1. The van der Waals surface area contributed by atoms with Crippen LogP contribution >= 0.6 is 0 Å². The van der Waals surface area contributed by atoms with Gasteiger partial charge in [0, 0.05) is 0 Å². The van der Waals surface area contributed by atoms with Crippen LogP contribution in [0.1, 0.15) is 30.3 Å². The van der Waals surface area contributed by atoms with Gasteiger partial charge in [0.25, 0.3) is 0 Å². The number of nitrogens with zero attached hydrogens (tertiary/aromatic N) is 1. The summed E-state index contributed by atoms with van der Waals surface area (Å²) in [7, 11) is 0. The van der Waals surface area contributed by atoms with E-state index in [0.29, 0.717) is 0 Å². The van der Waals surface area contributed by atoms with Crippen molar-refractivity contribution in [2.24, 2.45) is 5.92 Å². The maximum atomic E-state index is 12.9. The van der Waals surface area contributed by atoms with Crippen molar-refractivity contribution in [1.29, 1.82) is 0 Å². The number of hydrogen-bond acceptors (Lipinski definition) is 3. The van der Waals surface area contributed by atoms with Crippen molar-refractivity contribution in [2.75, 3.05) is 13.1 Å². The van der Waals surface area contributed by atoms with E-state index in [2.05, 4.69) is 4.90 Å². The third-order valence-corrected chi connectivity index (χ3v) is 4.25. The highest BCUT2D eigenvalue weighted by Gasteiger charge is 2.26. The van der Waals surface area contributed by atoms with Gasteiger partial charge in [0.05, 0.1) is 18.9 Å². The van der Waals surface area contributed by atoms with Crippen molar-refractivity contribution in [3.05, 3.63) is 59.8 Å². The predicted octanol–water partition coefficient (Wildman–Crippen LogP) is 3.36.